The van der Waals surface area contributed by atoms with Crippen LogP contribution in [0.2, 0.25) is 0 Å². The average molecular weight is 569 g/mol. The Morgan fingerprint density at radius 2 is 1.10 bits per heavy atom. The van der Waals surface area contributed by atoms with Crippen molar-refractivity contribution in [2.75, 3.05) is 5.32 Å². The first-order chi connectivity index (χ1) is 18.7. The van der Waals surface area contributed by atoms with Crippen molar-refractivity contribution < 1.29 is 60.1 Å². The van der Waals surface area contributed by atoms with Crippen LogP contribution in [0.3, 0.4) is 0 Å². The van der Waals surface area contributed by atoms with Gasteiger partial charge in [0.2, 0.25) is 12.2 Å². The number of alkyl halides is 6. The molecule has 0 saturated carbocycles. The molecule has 3 aromatic rings. The zero-order valence-corrected chi connectivity index (χ0v) is 19.8. The minimum Gasteiger partial charge on any atom is -0.478 e. The highest BCUT2D eigenvalue weighted by atomic mass is 19.4. The molecule has 1 amide bonds. The van der Waals surface area contributed by atoms with Gasteiger partial charge in [-0.05, 0) is 48.5 Å². The Balaban J connectivity index is 1.95. The Bertz CT molecular complexity index is 1410. The van der Waals surface area contributed by atoms with Gasteiger partial charge in [0.25, 0.3) is 5.91 Å². The first kappa shape index (κ1) is 29.7. The van der Waals surface area contributed by atoms with Crippen molar-refractivity contribution in [3.63, 3.8) is 0 Å². The van der Waals surface area contributed by atoms with Crippen LogP contribution in [0.5, 0.6) is 0 Å². The molecular weight excluding hydrogens is 552 g/mol. The fraction of sp³-hybridized carbons (Fsp3) is 0.154. The second-order valence-electron chi connectivity index (χ2n) is 8.00. The number of halogens is 6. The Labute approximate surface area is 221 Å². The number of nitrogens with one attached hydrogen (secondary N) is 1. The minimum absolute atomic E-state index is 0.0703. The molecular formula is C26H17F6NO7. The number of benzene rings is 3. The number of amides is 1. The van der Waals surface area contributed by atoms with Crippen molar-refractivity contribution in [3.8, 4) is 0 Å². The zero-order chi connectivity index (χ0) is 29.7. The van der Waals surface area contributed by atoms with E-state index in [1.165, 1.54) is 24.3 Å². The van der Waals surface area contributed by atoms with Crippen LogP contribution in [0.15, 0.2) is 78.9 Å². The molecule has 0 aliphatic carbocycles. The summed E-state index contributed by atoms with van der Waals surface area (Å²) < 4.78 is 88.1. The van der Waals surface area contributed by atoms with Crippen LogP contribution < -0.4 is 5.32 Å². The van der Waals surface area contributed by atoms with Gasteiger partial charge in [0, 0.05) is 5.69 Å². The lowest BCUT2D eigenvalue weighted by Crippen LogP contribution is -2.48. The normalized spacial score (nSPS) is 13.1. The number of esters is 2. The van der Waals surface area contributed by atoms with Gasteiger partial charge in [-0.1, -0.05) is 30.3 Å². The summed E-state index contributed by atoms with van der Waals surface area (Å²) in [5, 5.41) is 11.9. The van der Waals surface area contributed by atoms with E-state index in [0.717, 1.165) is 24.3 Å². The van der Waals surface area contributed by atoms with Crippen molar-refractivity contribution in [3.05, 3.63) is 101 Å². The highest BCUT2D eigenvalue weighted by Crippen LogP contribution is 2.31. The standard InChI is InChI=1S/C26H17F6NO7/c27-25(28,29)16-8-4-6-14(12-16)23(37)39-19(21(34)33-18-10-2-1-3-11-18)20(22(35)36)40-24(38)15-7-5-9-17(13-15)26(30,31)32/h1-13,19-20H,(H,33,34)(H,35,36)/t19-,20-/m0/s1. The molecule has 8 nitrogen and oxygen atoms in total. The Morgan fingerprint density at radius 1 is 0.650 bits per heavy atom. The Morgan fingerprint density at radius 3 is 1.52 bits per heavy atom. The van der Waals surface area contributed by atoms with E-state index in [1.54, 1.807) is 6.07 Å². The molecule has 0 spiro atoms. The van der Waals surface area contributed by atoms with Crippen molar-refractivity contribution >= 4 is 29.5 Å². The third-order valence-corrected chi connectivity index (χ3v) is 5.14. The lowest BCUT2D eigenvalue weighted by molar-refractivity contribution is -0.157. The number of carbonyl (C=O) groups excluding carboxylic acids is 3. The minimum atomic E-state index is -4.86. The molecule has 40 heavy (non-hydrogen) atoms. The predicted molar refractivity (Wildman–Crippen MR) is 124 cm³/mol. The van der Waals surface area contributed by atoms with Crippen molar-refractivity contribution in [1.82, 2.24) is 0 Å². The van der Waals surface area contributed by atoms with E-state index in [0.29, 0.717) is 24.3 Å². The van der Waals surface area contributed by atoms with Crippen molar-refractivity contribution in [2.45, 2.75) is 24.6 Å². The van der Waals surface area contributed by atoms with Gasteiger partial charge in [0.05, 0.1) is 22.3 Å². The lowest BCUT2D eigenvalue weighted by Gasteiger charge is -2.24. The third kappa shape index (κ3) is 7.58. The van der Waals surface area contributed by atoms with Gasteiger partial charge in [-0.15, -0.1) is 0 Å². The first-order valence-electron chi connectivity index (χ1n) is 11.0. The smallest absolute Gasteiger partial charge is 0.416 e. The van der Waals surface area contributed by atoms with E-state index in [4.69, 9.17) is 9.47 Å². The SMILES string of the molecule is O=C(O[C@H](C(=O)O)[C@H](OC(=O)c1cccc(C(F)(F)F)c1)C(=O)Nc1ccccc1)c1cccc(C(F)(F)F)c1. The van der Waals surface area contributed by atoms with Gasteiger partial charge in [-0.2, -0.15) is 26.3 Å². The summed E-state index contributed by atoms with van der Waals surface area (Å²) in [6, 6.07) is 12.8. The first-order valence-corrected chi connectivity index (χ1v) is 11.0. The number of anilines is 1. The van der Waals surface area contributed by atoms with E-state index in [-0.39, 0.29) is 5.69 Å². The molecule has 2 atom stereocenters. The monoisotopic (exact) mass is 569 g/mol. The van der Waals surface area contributed by atoms with Gasteiger partial charge >= 0.3 is 30.3 Å². The molecule has 0 fully saturated rings. The highest BCUT2D eigenvalue weighted by molar-refractivity contribution is 6.01. The molecule has 0 bridgehead atoms. The van der Waals surface area contributed by atoms with Crippen LogP contribution >= 0.6 is 0 Å². The molecule has 0 aromatic heterocycles. The molecule has 3 aromatic carbocycles. The number of hydrogen-bond acceptors (Lipinski definition) is 6. The summed E-state index contributed by atoms with van der Waals surface area (Å²) in [5.74, 6) is -6.62. The second kappa shape index (κ2) is 11.9. The quantitative estimate of drug-likeness (QED) is 0.283. The van der Waals surface area contributed by atoms with Gasteiger partial charge in [-0.25, -0.2) is 14.4 Å². The van der Waals surface area contributed by atoms with Gasteiger partial charge in [-0.3, -0.25) is 4.79 Å². The van der Waals surface area contributed by atoms with E-state index in [9.17, 15) is 50.6 Å². The van der Waals surface area contributed by atoms with Crippen LogP contribution in [0.1, 0.15) is 31.8 Å². The fourth-order valence-corrected chi connectivity index (χ4v) is 3.24. The average Bonchev–Trinajstić information content (AvgIpc) is 2.90. The number of hydrogen-bond donors (Lipinski definition) is 2. The summed E-state index contributed by atoms with van der Waals surface area (Å²) in [4.78, 5) is 50.3. The lowest BCUT2D eigenvalue weighted by atomic mass is 10.1. The summed E-state index contributed by atoms with van der Waals surface area (Å²) in [6.45, 7) is 0. The molecule has 0 heterocycles. The molecule has 0 aliphatic rings. The maximum atomic E-state index is 13.1. The van der Waals surface area contributed by atoms with Gasteiger partial charge in [0.15, 0.2) is 0 Å². The number of carboxylic acid groups (broad SMARTS) is 1. The Hall–Kier alpha value is -4.88. The molecule has 0 radical (unpaired) electrons. The number of rotatable bonds is 8. The van der Waals surface area contributed by atoms with Crippen LogP contribution in [-0.2, 0) is 31.4 Å². The Kier molecular flexibility index (Phi) is 8.82. The summed E-state index contributed by atoms with van der Waals surface area (Å²) >= 11 is 0. The largest absolute Gasteiger partial charge is 0.478 e. The molecule has 0 saturated heterocycles. The number of ether oxygens (including phenoxy) is 2. The topological polar surface area (TPSA) is 119 Å². The van der Waals surface area contributed by atoms with Crippen LogP contribution in [0.25, 0.3) is 0 Å². The molecule has 3 rings (SSSR count). The second-order valence-corrected chi connectivity index (χ2v) is 8.00. The molecule has 210 valence electrons. The molecule has 14 heteroatoms. The number of para-hydroxylation sites is 1. The number of carbonyl (C=O) groups is 4. The van der Waals surface area contributed by atoms with E-state index >= 15 is 0 Å². The summed E-state index contributed by atoms with van der Waals surface area (Å²) in [5.41, 5.74) is -3.91. The van der Waals surface area contributed by atoms with Gasteiger partial charge < -0.3 is 19.9 Å². The van der Waals surface area contributed by atoms with Crippen LogP contribution in [0, 0.1) is 0 Å². The van der Waals surface area contributed by atoms with Crippen LogP contribution in [-0.4, -0.2) is 41.1 Å². The summed E-state index contributed by atoms with van der Waals surface area (Å²) in [7, 11) is 0. The molecule has 0 aliphatic heterocycles. The van der Waals surface area contributed by atoms with Crippen molar-refractivity contribution in [2.24, 2.45) is 0 Å². The maximum absolute atomic E-state index is 13.1. The number of carboxylic acids is 1. The predicted octanol–water partition coefficient (Wildman–Crippen LogP) is 5.20. The van der Waals surface area contributed by atoms with Crippen LogP contribution in [0.4, 0.5) is 32.0 Å². The third-order valence-electron chi connectivity index (χ3n) is 5.14. The zero-order valence-electron chi connectivity index (χ0n) is 19.8. The van der Waals surface area contributed by atoms with Gasteiger partial charge in [0.1, 0.15) is 0 Å². The van der Waals surface area contributed by atoms with E-state index in [2.05, 4.69) is 5.32 Å². The van der Waals surface area contributed by atoms with E-state index < -0.39 is 70.6 Å². The van der Waals surface area contributed by atoms with Crippen molar-refractivity contribution in [1.29, 1.82) is 0 Å². The highest BCUT2D eigenvalue weighted by Gasteiger charge is 2.42. The molecule has 0 unspecified atom stereocenters. The van der Waals surface area contributed by atoms with E-state index in [1.807, 2.05) is 0 Å². The number of aliphatic carboxylic acids is 1. The maximum Gasteiger partial charge on any atom is 0.416 e. The fourth-order valence-electron chi connectivity index (χ4n) is 3.24. The molecule has 2 N–H and O–H groups in total. The summed E-state index contributed by atoms with van der Waals surface area (Å²) in [6.07, 6.45) is -14.8.